The van der Waals surface area contributed by atoms with Gasteiger partial charge in [-0.25, -0.2) is 13.2 Å². The Hall–Kier alpha value is -1.52. The molecule has 0 aliphatic heterocycles. The van der Waals surface area contributed by atoms with Gasteiger partial charge in [0.25, 0.3) is 0 Å². The SMILES string of the molecule is Fc1cc(F)c(-c2cc(Cl)ccc2CNC2CC2)cc1F. The van der Waals surface area contributed by atoms with Crippen LogP contribution in [0.5, 0.6) is 0 Å². The standard InChI is InChI=1S/C16H13ClF3N/c17-10-2-1-9(8-21-11-3-4-11)12(5-10)13-6-15(19)16(20)7-14(13)18/h1-2,5-7,11,21H,3-4,8H2. The smallest absolute Gasteiger partial charge is 0.161 e. The van der Waals surface area contributed by atoms with E-state index in [2.05, 4.69) is 5.32 Å². The largest absolute Gasteiger partial charge is 0.310 e. The summed E-state index contributed by atoms with van der Waals surface area (Å²) in [5.74, 6) is -3.08. The zero-order valence-corrected chi connectivity index (χ0v) is 11.9. The number of halogens is 4. The molecular weight excluding hydrogens is 299 g/mol. The third-order valence-corrected chi connectivity index (χ3v) is 3.77. The molecule has 1 nitrogen and oxygen atoms in total. The van der Waals surface area contributed by atoms with Gasteiger partial charge < -0.3 is 5.32 Å². The molecule has 21 heavy (non-hydrogen) atoms. The highest BCUT2D eigenvalue weighted by Crippen LogP contribution is 2.31. The molecule has 0 bridgehead atoms. The van der Waals surface area contributed by atoms with Crippen LogP contribution in [0.25, 0.3) is 11.1 Å². The second kappa shape index (κ2) is 5.70. The second-order valence-corrected chi connectivity index (χ2v) is 5.64. The van der Waals surface area contributed by atoms with Crippen molar-refractivity contribution in [2.75, 3.05) is 0 Å². The van der Waals surface area contributed by atoms with Crippen LogP contribution in [-0.4, -0.2) is 6.04 Å². The topological polar surface area (TPSA) is 12.0 Å². The summed E-state index contributed by atoms with van der Waals surface area (Å²) in [6.45, 7) is 0.537. The molecule has 5 heteroatoms. The summed E-state index contributed by atoms with van der Waals surface area (Å²) in [6, 6.07) is 6.96. The predicted molar refractivity (Wildman–Crippen MR) is 76.6 cm³/mol. The van der Waals surface area contributed by atoms with E-state index in [1.165, 1.54) is 0 Å². The molecule has 1 N–H and O–H groups in total. The van der Waals surface area contributed by atoms with Gasteiger partial charge in [-0.15, -0.1) is 0 Å². The molecule has 0 unspecified atom stereocenters. The van der Waals surface area contributed by atoms with Crippen LogP contribution in [0.3, 0.4) is 0 Å². The van der Waals surface area contributed by atoms with Gasteiger partial charge in [-0.1, -0.05) is 17.7 Å². The van der Waals surface area contributed by atoms with Crippen LogP contribution in [0.15, 0.2) is 30.3 Å². The number of nitrogens with one attached hydrogen (secondary N) is 1. The van der Waals surface area contributed by atoms with Gasteiger partial charge in [0.05, 0.1) is 0 Å². The first-order chi connectivity index (χ1) is 10.0. The summed E-state index contributed by atoms with van der Waals surface area (Å²) < 4.78 is 40.4. The lowest BCUT2D eigenvalue weighted by Gasteiger charge is -2.12. The molecule has 2 aromatic carbocycles. The Balaban J connectivity index is 2.02. The van der Waals surface area contributed by atoms with Crippen LogP contribution < -0.4 is 5.32 Å². The van der Waals surface area contributed by atoms with Crippen molar-refractivity contribution in [3.05, 3.63) is 58.4 Å². The lowest BCUT2D eigenvalue weighted by atomic mass is 9.98. The van der Waals surface area contributed by atoms with Gasteiger partial charge in [0.2, 0.25) is 0 Å². The van der Waals surface area contributed by atoms with Crippen LogP contribution in [0.4, 0.5) is 13.2 Å². The molecule has 1 saturated carbocycles. The summed E-state index contributed by atoms with van der Waals surface area (Å²) >= 11 is 5.95. The maximum absolute atomic E-state index is 14.0. The van der Waals surface area contributed by atoms with E-state index >= 15 is 0 Å². The summed E-state index contributed by atoms with van der Waals surface area (Å²) in [5, 5.41) is 3.74. The van der Waals surface area contributed by atoms with Gasteiger partial charge in [0.15, 0.2) is 11.6 Å². The fourth-order valence-corrected chi connectivity index (χ4v) is 2.40. The van der Waals surface area contributed by atoms with Crippen molar-refractivity contribution >= 4 is 11.6 Å². The van der Waals surface area contributed by atoms with Crippen molar-refractivity contribution in [1.82, 2.24) is 5.32 Å². The van der Waals surface area contributed by atoms with Gasteiger partial charge in [0.1, 0.15) is 5.82 Å². The van der Waals surface area contributed by atoms with Crippen LogP contribution in [0.2, 0.25) is 5.02 Å². The molecular formula is C16H13ClF3N. The molecule has 0 saturated heterocycles. The number of hydrogen-bond acceptors (Lipinski definition) is 1. The molecule has 1 aliphatic rings. The van der Waals surface area contributed by atoms with E-state index in [-0.39, 0.29) is 5.56 Å². The van der Waals surface area contributed by atoms with E-state index in [1.54, 1.807) is 18.2 Å². The summed E-state index contributed by atoms with van der Waals surface area (Å²) in [5.41, 5.74) is 1.30. The van der Waals surface area contributed by atoms with Crippen LogP contribution >= 0.6 is 11.6 Å². The fourth-order valence-electron chi connectivity index (χ4n) is 2.22. The van der Waals surface area contributed by atoms with Crippen molar-refractivity contribution < 1.29 is 13.2 Å². The molecule has 0 amide bonds. The first-order valence-corrected chi connectivity index (χ1v) is 7.09. The van der Waals surface area contributed by atoms with Crippen LogP contribution in [0.1, 0.15) is 18.4 Å². The molecule has 1 fully saturated rings. The normalized spacial score (nSPS) is 14.5. The molecule has 3 rings (SSSR count). The minimum atomic E-state index is -1.20. The zero-order valence-electron chi connectivity index (χ0n) is 11.1. The highest BCUT2D eigenvalue weighted by Gasteiger charge is 2.21. The Kier molecular flexibility index (Phi) is 3.91. The Morgan fingerprint density at radius 1 is 0.952 bits per heavy atom. The average Bonchev–Trinajstić information content (AvgIpc) is 3.25. The van der Waals surface area contributed by atoms with Gasteiger partial charge in [-0.3, -0.25) is 0 Å². The van der Waals surface area contributed by atoms with E-state index in [1.807, 2.05) is 0 Å². The quantitative estimate of drug-likeness (QED) is 0.809. The van der Waals surface area contributed by atoms with Crippen molar-refractivity contribution in [2.24, 2.45) is 0 Å². The Labute approximate surface area is 125 Å². The number of rotatable bonds is 4. The average molecular weight is 312 g/mol. The Bertz CT molecular complexity index is 683. The van der Waals surface area contributed by atoms with Gasteiger partial charge in [0, 0.05) is 29.2 Å². The van der Waals surface area contributed by atoms with Crippen molar-refractivity contribution in [2.45, 2.75) is 25.4 Å². The van der Waals surface area contributed by atoms with E-state index in [0.717, 1.165) is 24.5 Å². The lowest BCUT2D eigenvalue weighted by molar-refractivity contribution is 0.496. The van der Waals surface area contributed by atoms with Gasteiger partial charge in [-0.2, -0.15) is 0 Å². The van der Waals surface area contributed by atoms with Gasteiger partial charge in [-0.05, 0) is 42.2 Å². The molecule has 0 radical (unpaired) electrons. The Morgan fingerprint density at radius 2 is 1.67 bits per heavy atom. The first kappa shape index (κ1) is 14.4. The highest BCUT2D eigenvalue weighted by atomic mass is 35.5. The van der Waals surface area contributed by atoms with Crippen molar-refractivity contribution in [3.8, 4) is 11.1 Å². The highest BCUT2D eigenvalue weighted by molar-refractivity contribution is 6.30. The number of benzene rings is 2. The molecule has 1 aliphatic carbocycles. The summed E-state index contributed by atoms with van der Waals surface area (Å²) in [6.07, 6.45) is 2.25. The second-order valence-electron chi connectivity index (χ2n) is 5.20. The lowest BCUT2D eigenvalue weighted by Crippen LogP contribution is -2.16. The number of hydrogen-bond donors (Lipinski definition) is 1. The molecule has 0 aromatic heterocycles. The van der Waals surface area contributed by atoms with Crippen LogP contribution in [0, 0.1) is 17.5 Å². The first-order valence-electron chi connectivity index (χ1n) is 6.71. The Morgan fingerprint density at radius 3 is 2.38 bits per heavy atom. The molecule has 0 spiro atoms. The van der Waals surface area contributed by atoms with Crippen molar-refractivity contribution in [1.29, 1.82) is 0 Å². The minimum Gasteiger partial charge on any atom is -0.310 e. The minimum absolute atomic E-state index is 0.0176. The third kappa shape index (κ3) is 3.22. The maximum Gasteiger partial charge on any atom is 0.161 e. The van der Waals surface area contributed by atoms with E-state index in [9.17, 15) is 13.2 Å². The van der Waals surface area contributed by atoms with E-state index < -0.39 is 17.5 Å². The molecule has 0 atom stereocenters. The predicted octanol–water partition coefficient (Wildman–Crippen LogP) is 4.68. The monoisotopic (exact) mass is 311 g/mol. The molecule has 0 heterocycles. The fraction of sp³-hybridized carbons (Fsp3) is 0.250. The summed E-state index contributed by atoms with van der Waals surface area (Å²) in [4.78, 5) is 0. The van der Waals surface area contributed by atoms with Crippen LogP contribution in [-0.2, 0) is 6.54 Å². The molecule has 110 valence electrons. The third-order valence-electron chi connectivity index (χ3n) is 3.53. The van der Waals surface area contributed by atoms with E-state index in [4.69, 9.17) is 11.6 Å². The summed E-state index contributed by atoms with van der Waals surface area (Å²) in [7, 11) is 0. The van der Waals surface area contributed by atoms with Gasteiger partial charge >= 0.3 is 0 Å². The maximum atomic E-state index is 14.0. The van der Waals surface area contributed by atoms with Crippen molar-refractivity contribution in [3.63, 3.8) is 0 Å². The van der Waals surface area contributed by atoms with E-state index in [0.29, 0.717) is 29.2 Å². The zero-order chi connectivity index (χ0) is 15.0. The molecule has 2 aromatic rings.